The van der Waals surface area contributed by atoms with E-state index in [9.17, 15) is 14.9 Å². The highest BCUT2D eigenvalue weighted by Crippen LogP contribution is 2.31. The summed E-state index contributed by atoms with van der Waals surface area (Å²) in [5.41, 5.74) is -0.463. The summed E-state index contributed by atoms with van der Waals surface area (Å²) in [6, 6.07) is 9.53. The third-order valence-corrected chi connectivity index (χ3v) is 3.39. The fourth-order valence-corrected chi connectivity index (χ4v) is 1.94. The van der Waals surface area contributed by atoms with Gasteiger partial charge in [-0.3, -0.25) is 9.59 Å². The number of anilines is 1. The van der Waals surface area contributed by atoms with Gasteiger partial charge in [-0.15, -0.1) is 0 Å². The first-order valence-electron chi connectivity index (χ1n) is 8.23. The highest BCUT2D eigenvalue weighted by atomic mass is 16.5. The first-order valence-corrected chi connectivity index (χ1v) is 8.23. The van der Waals surface area contributed by atoms with Gasteiger partial charge in [-0.05, 0) is 12.1 Å². The summed E-state index contributed by atoms with van der Waals surface area (Å²) in [4.78, 5) is 22.4. The van der Waals surface area contributed by atoms with Gasteiger partial charge in [-0.25, -0.2) is 0 Å². The smallest absolute Gasteiger partial charge is 0.308 e. The number of carbonyl (C=O) groups excluding carboxylic acids is 2. The monoisotopic (exact) mass is 398 g/mol. The maximum absolute atomic E-state index is 11.2. The molecule has 0 spiro atoms. The lowest BCUT2D eigenvalue weighted by molar-refractivity contribution is -0.142. The second-order valence-corrected chi connectivity index (χ2v) is 5.22. The Labute approximate surface area is 167 Å². The predicted octanol–water partition coefficient (Wildman–Crippen LogP) is 1.81. The van der Waals surface area contributed by atoms with E-state index in [1.165, 1.54) is 26.4 Å². The number of carbonyl (C=O) groups is 2. The van der Waals surface area contributed by atoms with Crippen LogP contribution < -0.4 is 14.8 Å². The van der Waals surface area contributed by atoms with Gasteiger partial charge in [0.05, 0.1) is 46.0 Å². The average molecular weight is 398 g/mol. The van der Waals surface area contributed by atoms with Crippen LogP contribution in [-0.2, 0) is 19.1 Å². The summed E-state index contributed by atoms with van der Waals surface area (Å²) in [7, 11) is 2.52. The summed E-state index contributed by atoms with van der Waals surface area (Å²) in [5.74, 6) is -0.314. The van der Waals surface area contributed by atoms with E-state index in [4.69, 9.17) is 20.0 Å². The number of nitriles is 3. The Morgan fingerprint density at radius 2 is 1.52 bits per heavy atom. The Hall–Kier alpha value is -4.23. The summed E-state index contributed by atoms with van der Waals surface area (Å²) < 4.78 is 20.1. The zero-order valence-electron chi connectivity index (χ0n) is 15.9. The molecule has 0 atom stereocenters. The fraction of sp³-hybridized carbons (Fsp3) is 0.316. The molecule has 0 fully saturated rings. The van der Waals surface area contributed by atoms with Crippen molar-refractivity contribution in [2.24, 2.45) is 0 Å². The first-order chi connectivity index (χ1) is 14.0. The van der Waals surface area contributed by atoms with Crippen molar-refractivity contribution in [3.8, 4) is 29.7 Å². The molecule has 0 radical (unpaired) electrons. The molecule has 0 aliphatic carbocycles. The quantitative estimate of drug-likeness (QED) is 0.455. The van der Waals surface area contributed by atoms with Crippen LogP contribution in [0.1, 0.15) is 12.8 Å². The van der Waals surface area contributed by atoms with E-state index in [1.54, 1.807) is 24.3 Å². The molecule has 0 saturated heterocycles. The van der Waals surface area contributed by atoms with Gasteiger partial charge in [0.1, 0.15) is 35.4 Å². The molecule has 0 unspecified atom stereocenters. The van der Waals surface area contributed by atoms with E-state index < -0.39 is 17.5 Å². The largest absolute Gasteiger partial charge is 0.493 e. The lowest BCUT2D eigenvalue weighted by Gasteiger charge is -2.14. The van der Waals surface area contributed by atoms with E-state index in [1.807, 2.05) is 0 Å². The molecule has 1 aromatic rings. The third-order valence-electron chi connectivity index (χ3n) is 3.39. The Bertz CT molecular complexity index is 889. The summed E-state index contributed by atoms with van der Waals surface area (Å²) in [6.07, 6.45) is 0.0307. The van der Waals surface area contributed by atoms with Gasteiger partial charge in [0, 0.05) is 6.07 Å². The number of ether oxygens (including phenoxy) is 4. The Morgan fingerprint density at radius 3 is 2.03 bits per heavy atom. The van der Waals surface area contributed by atoms with Crippen LogP contribution >= 0.6 is 0 Å². The second-order valence-electron chi connectivity index (χ2n) is 5.22. The normalized spacial score (nSPS) is 9.07. The van der Waals surface area contributed by atoms with Gasteiger partial charge in [0.2, 0.25) is 0 Å². The van der Waals surface area contributed by atoms with Gasteiger partial charge < -0.3 is 24.3 Å². The minimum absolute atomic E-state index is 0.00113. The van der Waals surface area contributed by atoms with Gasteiger partial charge in [0.25, 0.3) is 0 Å². The molecule has 1 aromatic carbocycles. The molecule has 150 valence electrons. The molecule has 0 bridgehead atoms. The molecule has 0 amide bonds. The van der Waals surface area contributed by atoms with Crippen LogP contribution in [0.4, 0.5) is 5.69 Å². The summed E-state index contributed by atoms with van der Waals surface area (Å²) in [6.45, 7) is 0.0517. The van der Waals surface area contributed by atoms with Crippen LogP contribution in [0.3, 0.4) is 0 Å². The molecule has 1 rings (SSSR count). The zero-order chi connectivity index (χ0) is 21.6. The van der Waals surface area contributed by atoms with Crippen molar-refractivity contribution < 1.29 is 28.5 Å². The van der Waals surface area contributed by atoms with E-state index in [0.717, 1.165) is 0 Å². The number of hydrogen-bond acceptors (Lipinski definition) is 10. The van der Waals surface area contributed by atoms with Gasteiger partial charge >= 0.3 is 11.9 Å². The van der Waals surface area contributed by atoms with Gasteiger partial charge in [-0.2, -0.15) is 15.8 Å². The van der Waals surface area contributed by atoms with Crippen molar-refractivity contribution in [1.82, 2.24) is 0 Å². The fourth-order valence-electron chi connectivity index (χ4n) is 1.94. The van der Waals surface area contributed by atoms with Gasteiger partial charge in [-0.1, -0.05) is 0 Å². The van der Waals surface area contributed by atoms with E-state index in [2.05, 4.69) is 14.8 Å². The Kier molecular flexibility index (Phi) is 9.60. The van der Waals surface area contributed by atoms with Crippen molar-refractivity contribution in [3.63, 3.8) is 0 Å². The van der Waals surface area contributed by atoms with Crippen LogP contribution in [-0.4, -0.2) is 39.4 Å². The average Bonchev–Trinajstić information content (AvgIpc) is 2.74. The van der Waals surface area contributed by atoms with Crippen molar-refractivity contribution in [3.05, 3.63) is 29.5 Å². The van der Waals surface area contributed by atoms with E-state index in [0.29, 0.717) is 5.75 Å². The number of hydrogen-bond donors (Lipinski definition) is 1. The molecule has 29 heavy (non-hydrogen) atoms. The lowest BCUT2D eigenvalue weighted by Crippen LogP contribution is -2.10. The van der Waals surface area contributed by atoms with E-state index >= 15 is 0 Å². The molecule has 10 nitrogen and oxygen atoms in total. The first kappa shape index (κ1) is 22.8. The number of nitrogens with zero attached hydrogens (tertiary/aromatic N) is 3. The minimum atomic E-state index is -0.462. The van der Waals surface area contributed by atoms with Gasteiger partial charge in [0.15, 0.2) is 5.57 Å². The molecule has 0 aromatic heterocycles. The number of benzene rings is 1. The topological polar surface area (TPSA) is 154 Å². The number of esters is 2. The zero-order valence-corrected chi connectivity index (χ0v) is 15.9. The highest BCUT2D eigenvalue weighted by Gasteiger charge is 2.13. The maximum atomic E-state index is 11.2. The van der Waals surface area contributed by atoms with Crippen LogP contribution in [0.2, 0.25) is 0 Å². The number of nitrogens with one attached hydrogen (secondary N) is 1. The molecule has 0 aliphatic rings. The molecule has 0 aliphatic heterocycles. The molecule has 0 heterocycles. The Morgan fingerprint density at radius 1 is 0.931 bits per heavy atom. The lowest BCUT2D eigenvalue weighted by atomic mass is 10.2. The highest BCUT2D eigenvalue weighted by molar-refractivity contribution is 5.70. The van der Waals surface area contributed by atoms with Crippen molar-refractivity contribution in [1.29, 1.82) is 15.8 Å². The number of allylic oxidation sites excluding steroid dienone is 2. The Balaban J connectivity index is 3.08. The summed E-state index contributed by atoms with van der Waals surface area (Å²) in [5, 5.41) is 29.9. The molecule has 0 saturated carbocycles. The maximum Gasteiger partial charge on any atom is 0.308 e. The molecular formula is C19H18N4O6. The minimum Gasteiger partial charge on any atom is -0.493 e. The van der Waals surface area contributed by atoms with Crippen molar-refractivity contribution in [2.75, 3.05) is 32.8 Å². The van der Waals surface area contributed by atoms with Crippen LogP contribution in [0.5, 0.6) is 11.5 Å². The van der Waals surface area contributed by atoms with Crippen LogP contribution in [0.15, 0.2) is 29.5 Å². The molecule has 10 heteroatoms. The van der Waals surface area contributed by atoms with E-state index in [-0.39, 0.29) is 43.2 Å². The second kappa shape index (κ2) is 12.2. The molecular weight excluding hydrogens is 380 g/mol. The number of methoxy groups -OCH3 is 2. The predicted molar refractivity (Wildman–Crippen MR) is 98.2 cm³/mol. The standard InChI is InChI=1S/C19H18N4O6/c1-26-18(24)5-7-28-14-3-4-17(29-8-6-19(25)27-2)15(9-14)23-16(12-22)13(10-20)11-21/h3-4,9,23H,5-8H2,1-2H3. The van der Waals surface area contributed by atoms with Crippen molar-refractivity contribution in [2.45, 2.75) is 12.8 Å². The van der Waals surface area contributed by atoms with Crippen LogP contribution in [0.25, 0.3) is 0 Å². The van der Waals surface area contributed by atoms with Crippen LogP contribution in [0, 0.1) is 34.0 Å². The van der Waals surface area contributed by atoms with Crippen molar-refractivity contribution >= 4 is 17.6 Å². The summed E-state index contributed by atoms with van der Waals surface area (Å²) >= 11 is 0. The number of rotatable bonds is 10. The SMILES string of the molecule is COC(=O)CCOc1ccc(OCCC(=O)OC)c(NC(C#N)=C(C#N)C#N)c1. The molecule has 1 N–H and O–H groups in total. The third kappa shape index (κ3) is 7.49.